The quantitative estimate of drug-likeness (QED) is 0.809. The van der Waals surface area contributed by atoms with Gasteiger partial charge < -0.3 is 5.32 Å². The van der Waals surface area contributed by atoms with Crippen LogP contribution in [0.25, 0.3) is 0 Å². The van der Waals surface area contributed by atoms with Crippen molar-refractivity contribution in [2.75, 3.05) is 6.54 Å². The van der Waals surface area contributed by atoms with Gasteiger partial charge in [0, 0.05) is 30.5 Å². The van der Waals surface area contributed by atoms with Crippen molar-refractivity contribution in [3.05, 3.63) is 34.9 Å². The summed E-state index contributed by atoms with van der Waals surface area (Å²) in [5.74, 6) is -0.355. The number of carbonyl (C=O) groups is 1. The predicted molar refractivity (Wildman–Crippen MR) is 83.3 cm³/mol. The number of amidine groups is 1. The predicted octanol–water partition coefficient (Wildman–Crippen LogP) is 2.52. The Morgan fingerprint density at radius 2 is 2.30 bits per heavy atom. The Morgan fingerprint density at radius 1 is 1.52 bits per heavy atom. The first-order chi connectivity index (χ1) is 10.9. The fourth-order valence-corrected chi connectivity index (χ4v) is 2.97. The SMILES string of the molecule is C#Cc1cc(C(=O)NC2=NN3CCCC(F)(F)[C@@H]3C2)ccc1C. The van der Waals surface area contributed by atoms with Crippen LogP contribution in [0, 0.1) is 19.3 Å². The van der Waals surface area contributed by atoms with E-state index in [0.29, 0.717) is 24.1 Å². The minimum Gasteiger partial charge on any atom is -0.309 e. The van der Waals surface area contributed by atoms with Gasteiger partial charge in [0.1, 0.15) is 11.9 Å². The smallest absolute Gasteiger partial charge is 0.270 e. The molecule has 0 saturated carbocycles. The molecule has 1 atom stereocenters. The molecule has 1 N–H and O–H groups in total. The summed E-state index contributed by atoms with van der Waals surface area (Å²) in [4.78, 5) is 12.3. The van der Waals surface area contributed by atoms with Gasteiger partial charge in [-0.25, -0.2) is 8.78 Å². The first-order valence-corrected chi connectivity index (χ1v) is 7.51. The molecule has 2 heterocycles. The number of nitrogens with one attached hydrogen (secondary N) is 1. The monoisotopic (exact) mass is 317 g/mol. The fourth-order valence-electron chi connectivity index (χ4n) is 2.97. The standard InChI is InChI=1S/C17H17F2N3O/c1-3-12-9-13(6-5-11(12)2)16(23)20-15-10-14-17(18,19)7-4-8-22(14)21-15/h1,5-6,9,14H,4,7-8,10H2,2H3,(H,20,21,23)/t14-/m0/s1. The molecule has 1 fully saturated rings. The van der Waals surface area contributed by atoms with Crippen LogP contribution in [0.1, 0.15) is 40.7 Å². The maximum Gasteiger partial charge on any atom is 0.270 e. The normalized spacial score (nSPS) is 22.1. The van der Waals surface area contributed by atoms with Gasteiger partial charge in [0.2, 0.25) is 0 Å². The van der Waals surface area contributed by atoms with Gasteiger partial charge in [-0.3, -0.25) is 9.80 Å². The Labute approximate surface area is 133 Å². The topological polar surface area (TPSA) is 44.7 Å². The van der Waals surface area contributed by atoms with Crippen LogP contribution in [0.15, 0.2) is 23.3 Å². The second-order valence-corrected chi connectivity index (χ2v) is 5.92. The molecule has 1 amide bonds. The molecule has 23 heavy (non-hydrogen) atoms. The molecule has 2 aliphatic heterocycles. The zero-order valence-electron chi connectivity index (χ0n) is 12.8. The van der Waals surface area contributed by atoms with E-state index in [0.717, 1.165) is 5.56 Å². The number of aryl methyl sites for hydroxylation is 1. The molecule has 4 nitrogen and oxygen atoms in total. The first-order valence-electron chi connectivity index (χ1n) is 7.51. The third-order valence-corrected chi connectivity index (χ3v) is 4.29. The molecule has 0 spiro atoms. The number of rotatable bonds is 1. The molecule has 3 rings (SSSR count). The van der Waals surface area contributed by atoms with Crippen LogP contribution in [-0.2, 0) is 0 Å². The molecule has 2 aliphatic rings. The Balaban J connectivity index is 1.73. The van der Waals surface area contributed by atoms with Gasteiger partial charge in [-0.1, -0.05) is 12.0 Å². The van der Waals surface area contributed by atoms with Crippen LogP contribution in [0.2, 0.25) is 0 Å². The van der Waals surface area contributed by atoms with E-state index in [9.17, 15) is 13.6 Å². The van der Waals surface area contributed by atoms with E-state index in [1.54, 1.807) is 18.2 Å². The highest BCUT2D eigenvalue weighted by atomic mass is 19.3. The number of alkyl halides is 2. The highest BCUT2D eigenvalue weighted by Gasteiger charge is 2.49. The van der Waals surface area contributed by atoms with Gasteiger partial charge in [0.15, 0.2) is 0 Å². The summed E-state index contributed by atoms with van der Waals surface area (Å²) >= 11 is 0. The zero-order valence-corrected chi connectivity index (χ0v) is 12.8. The second-order valence-electron chi connectivity index (χ2n) is 5.92. The van der Waals surface area contributed by atoms with Crippen LogP contribution < -0.4 is 5.32 Å². The third kappa shape index (κ3) is 2.91. The van der Waals surface area contributed by atoms with Gasteiger partial charge in [0.25, 0.3) is 11.8 Å². The lowest BCUT2D eigenvalue weighted by Gasteiger charge is -2.35. The maximum absolute atomic E-state index is 13.9. The average molecular weight is 317 g/mol. The number of halogens is 2. The molecule has 0 aromatic heterocycles. The average Bonchev–Trinajstić information content (AvgIpc) is 2.91. The van der Waals surface area contributed by atoms with E-state index in [2.05, 4.69) is 16.3 Å². The van der Waals surface area contributed by atoms with Crippen molar-refractivity contribution in [3.63, 3.8) is 0 Å². The Hall–Kier alpha value is -2.42. The highest BCUT2D eigenvalue weighted by molar-refractivity contribution is 6.07. The molecule has 1 saturated heterocycles. The van der Waals surface area contributed by atoms with Gasteiger partial charge >= 0.3 is 0 Å². The summed E-state index contributed by atoms with van der Waals surface area (Å²) in [7, 11) is 0. The Bertz CT molecular complexity index is 721. The summed E-state index contributed by atoms with van der Waals surface area (Å²) in [6.45, 7) is 2.35. The van der Waals surface area contributed by atoms with Crippen LogP contribution >= 0.6 is 0 Å². The number of benzene rings is 1. The minimum absolute atomic E-state index is 0.0482. The summed E-state index contributed by atoms with van der Waals surface area (Å²) in [5, 5.41) is 8.15. The minimum atomic E-state index is -2.77. The van der Waals surface area contributed by atoms with Crippen LogP contribution in [0.5, 0.6) is 0 Å². The van der Waals surface area contributed by atoms with Crippen molar-refractivity contribution < 1.29 is 13.6 Å². The van der Waals surface area contributed by atoms with E-state index >= 15 is 0 Å². The summed E-state index contributed by atoms with van der Waals surface area (Å²) in [6, 6.07) is 4.08. The van der Waals surface area contributed by atoms with Gasteiger partial charge in [-0.2, -0.15) is 5.10 Å². The lowest BCUT2D eigenvalue weighted by atomic mass is 9.97. The van der Waals surface area contributed by atoms with Crippen molar-refractivity contribution in [1.82, 2.24) is 10.3 Å². The van der Waals surface area contributed by atoms with Crippen LogP contribution in [-0.4, -0.2) is 35.3 Å². The van der Waals surface area contributed by atoms with E-state index in [1.807, 2.05) is 6.92 Å². The van der Waals surface area contributed by atoms with E-state index < -0.39 is 12.0 Å². The largest absolute Gasteiger partial charge is 0.309 e. The molecular weight excluding hydrogens is 300 g/mol. The molecule has 0 radical (unpaired) electrons. The lowest BCUT2D eigenvalue weighted by Crippen LogP contribution is -2.47. The number of hydrogen-bond donors (Lipinski definition) is 1. The zero-order chi connectivity index (χ0) is 16.6. The lowest BCUT2D eigenvalue weighted by molar-refractivity contribution is -0.104. The van der Waals surface area contributed by atoms with Crippen molar-refractivity contribution in [2.45, 2.75) is 38.2 Å². The van der Waals surface area contributed by atoms with Crippen LogP contribution in [0.3, 0.4) is 0 Å². The summed E-state index contributed by atoms with van der Waals surface area (Å²) in [5.41, 5.74) is 1.93. The summed E-state index contributed by atoms with van der Waals surface area (Å²) in [6.07, 6.45) is 5.72. The maximum atomic E-state index is 13.9. The third-order valence-electron chi connectivity index (χ3n) is 4.29. The van der Waals surface area contributed by atoms with Crippen molar-refractivity contribution in [2.24, 2.45) is 5.10 Å². The number of hydrazone groups is 1. The fraction of sp³-hybridized carbons (Fsp3) is 0.412. The second kappa shape index (κ2) is 5.65. The summed E-state index contributed by atoms with van der Waals surface area (Å²) < 4.78 is 27.8. The molecule has 1 aromatic rings. The molecule has 0 aliphatic carbocycles. The van der Waals surface area contributed by atoms with Crippen molar-refractivity contribution in [1.29, 1.82) is 0 Å². The number of fused-ring (bicyclic) bond motifs is 1. The number of terminal acetylenes is 1. The van der Waals surface area contributed by atoms with E-state index in [4.69, 9.17) is 6.42 Å². The van der Waals surface area contributed by atoms with Crippen LogP contribution in [0.4, 0.5) is 8.78 Å². The molecule has 1 aromatic carbocycles. The number of hydrogen-bond acceptors (Lipinski definition) is 3. The Kier molecular flexibility index (Phi) is 3.80. The van der Waals surface area contributed by atoms with E-state index in [1.165, 1.54) is 5.01 Å². The van der Waals surface area contributed by atoms with Crippen molar-refractivity contribution in [3.8, 4) is 12.3 Å². The molecule has 0 unspecified atom stereocenters. The number of amides is 1. The molecule has 0 bridgehead atoms. The van der Waals surface area contributed by atoms with Gasteiger partial charge in [-0.05, 0) is 31.0 Å². The van der Waals surface area contributed by atoms with E-state index in [-0.39, 0.29) is 24.6 Å². The Morgan fingerprint density at radius 3 is 3.00 bits per heavy atom. The molecule has 120 valence electrons. The molecule has 6 heteroatoms. The number of carbonyl (C=O) groups excluding carboxylic acids is 1. The van der Waals surface area contributed by atoms with Gasteiger partial charge in [0.05, 0.1) is 0 Å². The number of nitrogens with zero attached hydrogens (tertiary/aromatic N) is 2. The number of piperidine rings is 1. The molecular formula is C17H17F2N3O. The first kappa shape index (κ1) is 15.5. The van der Waals surface area contributed by atoms with Crippen molar-refractivity contribution >= 4 is 11.7 Å². The highest BCUT2D eigenvalue weighted by Crippen LogP contribution is 2.37. The van der Waals surface area contributed by atoms with Gasteiger partial charge in [-0.15, -0.1) is 6.42 Å².